The first kappa shape index (κ1) is 12.3. The number of hydrogen-bond donors (Lipinski definition) is 1. The Bertz CT molecular complexity index is 405. The van der Waals surface area contributed by atoms with Gasteiger partial charge in [0.15, 0.2) is 0 Å². The van der Waals surface area contributed by atoms with Crippen LogP contribution in [0.3, 0.4) is 0 Å². The van der Waals surface area contributed by atoms with Crippen LogP contribution in [0.5, 0.6) is 0 Å². The molecule has 0 radical (unpaired) electrons. The largest absolute Gasteiger partial charge is 0.503 e. The standard InChI is InChI=1S/C11H11F3N2/c1-8(16-11(12,13)14)7-10(15)9-5-3-2-4-6-9/h2-7H,15H2,1H3. The van der Waals surface area contributed by atoms with Gasteiger partial charge in [-0.15, -0.1) is 13.2 Å². The Morgan fingerprint density at radius 3 is 2.31 bits per heavy atom. The summed E-state index contributed by atoms with van der Waals surface area (Å²) in [6, 6.07) is 8.74. The van der Waals surface area contributed by atoms with Gasteiger partial charge in [-0.3, -0.25) is 0 Å². The van der Waals surface area contributed by atoms with Crippen LogP contribution in [-0.2, 0) is 0 Å². The summed E-state index contributed by atoms with van der Waals surface area (Å²) in [5, 5.41) is 0. The molecular formula is C11H11F3N2. The zero-order valence-electron chi connectivity index (χ0n) is 8.62. The molecule has 0 saturated carbocycles. The van der Waals surface area contributed by atoms with E-state index in [1.807, 2.05) is 0 Å². The molecule has 0 atom stereocenters. The van der Waals surface area contributed by atoms with Crippen LogP contribution >= 0.6 is 0 Å². The molecule has 16 heavy (non-hydrogen) atoms. The SMILES string of the molecule is CC(C=C(N)c1ccccc1)=NC(F)(F)F. The van der Waals surface area contributed by atoms with Crippen LogP contribution in [0, 0.1) is 0 Å². The second-order valence-electron chi connectivity index (χ2n) is 3.19. The first-order valence-electron chi connectivity index (χ1n) is 4.54. The lowest BCUT2D eigenvalue weighted by atomic mass is 10.1. The molecule has 0 aliphatic heterocycles. The van der Waals surface area contributed by atoms with Gasteiger partial charge in [0, 0.05) is 11.4 Å². The lowest BCUT2D eigenvalue weighted by molar-refractivity contribution is -0.119. The lowest BCUT2D eigenvalue weighted by Crippen LogP contribution is -2.07. The van der Waals surface area contributed by atoms with Crippen molar-refractivity contribution in [2.24, 2.45) is 10.7 Å². The van der Waals surface area contributed by atoms with E-state index in [0.717, 1.165) is 0 Å². The van der Waals surface area contributed by atoms with Gasteiger partial charge in [-0.2, -0.15) is 4.99 Å². The van der Waals surface area contributed by atoms with E-state index in [9.17, 15) is 13.2 Å². The predicted molar refractivity (Wildman–Crippen MR) is 57.8 cm³/mol. The molecule has 0 aromatic heterocycles. The zero-order valence-corrected chi connectivity index (χ0v) is 8.62. The summed E-state index contributed by atoms with van der Waals surface area (Å²) >= 11 is 0. The molecule has 0 heterocycles. The second kappa shape index (κ2) is 4.83. The smallest absolute Gasteiger partial charge is 0.398 e. The van der Waals surface area contributed by atoms with Crippen LogP contribution in [0.2, 0.25) is 0 Å². The van der Waals surface area contributed by atoms with E-state index in [1.54, 1.807) is 30.3 Å². The Morgan fingerprint density at radius 2 is 1.81 bits per heavy atom. The van der Waals surface area contributed by atoms with Crippen molar-refractivity contribution in [3.05, 3.63) is 42.0 Å². The number of rotatable bonds is 2. The lowest BCUT2D eigenvalue weighted by Gasteiger charge is -2.02. The summed E-state index contributed by atoms with van der Waals surface area (Å²) < 4.78 is 35.7. The maximum atomic E-state index is 11.9. The maximum absolute atomic E-state index is 11.9. The van der Waals surface area contributed by atoms with Crippen LogP contribution in [0.25, 0.3) is 5.70 Å². The van der Waals surface area contributed by atoms with E-state index in [-0.39, 0.29) is 11.4 Å². The Hall–Kier alpha value is -1.78. The van der Waals surface area contributed by atoms with Crippen LogP contribution in [-0.4, -0.2) is 12.0 Å². The molecule has 0 amide bonds. The third kappa shape index (κ3) is 4.16. The highest BCUT2D eigenvalue weighted by molar-refractivity contribution is 5.98. The zero-order chi connectivity index (χ0) is 12.2. The molecule has 2 nitrogen and oxygen atoms in total. The van der Waals surface area contributed by atoms with Gasteiger partial charge in [0.25, 0.3) is 0 Å². The van der Waals surface area contributed by atoms with E-state index in [2.05, 4.69) is 4.99 Å². The molecule has 0 aliphatic rings. The summed E-state index contributed by atoms with van der Waals surface area (Å²) in [5.41, 5.74) is 6.38. The van der Waals surface area contributed by atoms with Crippen molar-refractivity contribution in [1.82, 2.24) is 0 Å². The molecule has 0 unspecified atom stereocenters. The third-order valence-corrected chi connectivity index (χ3v) is 1.77. The van der Waals surface area contributed by atoms with E-state index >= 15 is 0 Å². The average molecular weight is 228 g/mol. The van der Waals surface area contributed by atoms with Crippen LogP contribution < -0.4 is 5.73 Å². The minimum atomic E-state index is -4.56. The van der Waals surface area contributed by atoms with Crippen molar-refractivity contribution in [3.63, 3.8) is 0 Å². The van der Waals surface area contributed by atoms with Crippen LogP contribution in [0.15, 0.2) is 41.4 Å². The number of nitrogens with zero attached hydrogens (tertiary/aromatic N) is 1. The number of benzene rings is 1. The highest BCUT2D eigenvalue weighted by Gasteiger charge is 2.25. The van der Waals surface area contributed by atoms with E-state index in [4.69, 9.17) is 5.73 Å². The molecule has 2 N–H and O–H groups in total. The average Bonchev–Trinajstić information content (AvgIpc) is 2.16. The van der Waals surface area contributed by atoms with E-state index in [1.165, 1.54) is 13.0 Å². The van der Waals surface area contributed by atoms with Crippen LogP contribution in [0.4, 0.5) is 13.2 Å². The topological polar surface area (TPSA) is 38.4 Å². The molecular weight excluding hydrogens is 217 g/mol. The maximum Gasteiger partial charge on any atom is 0.503 e. The number of hydrogen-bond acceptors (Lipinski definition) is 2. The summed E-state index contributed by atoms with van der Waals surface area (Å²) in [5.74, 6) is 0. The third-order valence-electron chi connectivity index (χ3n) is 1.77. The molecule has 0 aliphatic carbocycles. The highest BCUT2D eigenvalue weighted by atomic mass is 19.4. The molecule has 1 rings (SSSR count). The second-order valence-corrected chi connectivity index (χ2v) is 3.19. The summed E-state index contributed by atoms with van der Waals surface area (Å²) in [6.45, 7) is 1.25. The summed E-state index contributed by atoms with van der Waals surface area (Å²) in [6.07, 6.45) is -3.36. The van der Waals surface area contributed by atoms with Crippen molar-refractivity contribution in [2.45, 2.75) is 13.2 Å². The van der Waals surface area contributed by atoms with Crippen molar-refractivity contribution >= 4 is 11.4 Å². The minimum absolute atomic E-state index is 0.172. The van der Waals surface area contributed by atoms with Crippen molar-refractivity contribution in [1.29, 1.82) is 0 Å². The fourth-order valence-corrected chi connectivity index (χ4v) is 1.17. The Labute approximate surface area is 91.3 Å². The molecule has 5 heteroatoms. The Kier molecular flexibility index (Phi) is 3.71. The molecule has 1 aromatic rings. The molecule has 0 bridgehead atoms. The minimum Gasteiger partial charge on any atom is -0.398 e. The van der Waals surface area contributed by atoms with E-state index < -0.39 is 6.30 Å². The highest BCUT2D eigenvalue weighted by Crippen LogP contribution is 2.17. The molecule has 0 saturated heterocycles. The molecule has 1 aromatic carbocycles. The first-order valence-corrected chi connectivity index (χ1v) is 4.54. The fraction of sp³-hybridized carbons (Fsp3) is 0.182. The van der Waals surface area contributed by atoms with Gasteiger partial charge < -0.3 is 5.73 Å². The van der Waals surface area contributed by atoms with Gasteiger partial charge in [0.2, 0.25) is 0 Å². The van der Waals surface area contributed by atoms with E-state index in [0.29, 0.717) is 5.56 Å². The first-order chi connectivity index (χ1) is 7.38. The summed E-state index contributed by atoms with van der Waals surface area (Å²) in [7, 11) is 0. The van der Waals surface area contributed by atoms with Gasteiger partial charge in [0.05, 0.1) is 0 Å². The number of allylic oxidation sites excluding steroid dienone is 1. The van der Waals surface area contributed by atoms with Crippen molar-refractivity contribution in [2.75, 3.05) is 0 Å². The number of halogens is 3. The van der Waals surface area contributed by atoms with Crippen LogP contribution in [0.1, 0.15) is 12.5 Å². The fourth-order valence-electron chi connectivity index (χ4n) is 1.17. The van der Waals surface area contributed by atoms with Crippen molar-refractivity contribution in [3.8, 4) is 0 Å². The molecule has 0 spiro atoms. The Morgan fingerprint density at radius 1 is 1.25 bits per heavy atom. The monoisotopic (exact) mass is 228 g/mol. The number of aliphatic imine (C=N–C) groups is 1. The predicted octanol–water partition coefficient (Wildman–Crippen LogP) is 2.97. The number of alkyl halides is 3. The van der Waals surface area contributed by atoms with Gasteiger partial charge in [-0.1, -0.05) is 30.3 Å². The Balaban J connectivity index is 2.90. The number of nitrogens with two attached hydrogens (primary N) is 1. The van der Waals surface area contributed by atoms with Gasteiger partial charge in [0.1, 0.15) is 0 Å². The quantitative estimate of drug-likeness (QED) is 0.613. The van der Waals surface area contributed by atoms with Gasteiger partial charge >= 0.3 is 6.30 Å². The van der Waals surface area contributed by atoms with Gasteiger partial charge in [-0.25, -0.2) is 0 Å². The molecule has 86 valence electrons. The van der Waals surface area contributed by atoms with Crippen molar-refractivity contribution < 1.29 is 13.2 Å². The molecule has 0 fully saturated rings. The van der Waals surface area contributed by atoms with Gasteiger partial charge in [-0.05, 0) is 18.6 Å². The normalized spacial score (nSPS) is 14.0. The summed E-state index contributed by atoms with van der Waals surface area (Å²) in [4.78, 5) is 2.54.